The Hall–Kier alpha value is -1.69. The first-order valence-electron chi connectivity index (χ1n) is 7.30. The molecular formula is C17H14Cl2N2O2S. The van der Waals surface area contributed by atoms with Crippen molar-refractivity contribution in [2.24, 2.45) is 0 Å². The first-order valence-corrected chi connectivity index (χ1v) is 8.93. The average Bonchev–Trinajstić information content (AvgIpc) is 2.55. The molecule has 2 aromatic carbocycles. The van der Waals surface area contributed by atoms with Gasteiger partial charge in [0.05, 0.1) is 10.9 Å². The molecule has 1 heterocycles. The van der Waals surface area contributed by atoms with Crippen molar-refractivity contribution < 1.29 is 9.59 Å². The first-order chi connectivity index (χ1) is 11.5. The molecule has 0 saturated heterocycles. The zero-order chi connectivity index (χ0) is 17.1. The van der Waals surface area contributed by atoms with Gasteiger partial charge in [0, 0.05) is 27.9 Å². The van der Waals surface area contributed by atoms with Crippen LogP contribution >= 0.6 is 35.0 Å². The van der Waals surface area contributed by atoms with Gasteiger partial charge in [0.2, 0.25) is 11.8 Å². The highest BCUT2D eigenvalue weighted by Crippen LogP contribution is 2.38. The second kappa shape index (κ2) is 7.47. The number of halogens is 2. The topological polar surface area (TPSA) is 58.2 Å². The van der Waals surface area contributed by atoms with Crippen molar-refractivity contribution in [2.75, 3.05) is 5.32 Å². The minimum Gasteiger partial charge on any atom is -0.352 e. The van der Waals surface area contributed by atoms with Crippen LogP contribution in [0, 0.1) is 0 Å². The third-order valence-corrected chi connectivity index (χ3v) is 5.44. The standard InChI is InChI=1S/C17H14Cl2N2O2S/c18-11-5-6-14-13(7-11)21-17(23)15(24-14)8-16(22)20-9-10-3-1-2-4-12(10)19/h1-7,15H,8-9H2,(H,20,22)(H,21,23). The molecule has 124 valence electrons. The van der Waals surface area contributed by atoms with Crippen LogP contribution in [0.3, 0.4) is 0 Å². The van der Waals surface area contributed by atoms with Gasteiger partial charge in [0.25, 0.3) is 0 Å². The van der Waals surface area contributed by atoms with E-state index in [0.29, 0.717) is 22.3 Å². The highest BCUT2D eigenvalue weighted by atomic mass is 35.5. The van der Waals surface area contributed by atoms with E-state index in [-0.39, 0.29) is 18.2 Å². The molecule has 7 heteroatoms. The lowest BCUT2D eigenvalue weighted by molar-refractivity contribution is -0.124. The zero-order valence-electron chi connectivity index (χ0n) is 12.5. The molecule has 2 N–H and O–H groups in total. The summed E-state index contributed by atoms with van der Waals surface area (Å²) in [5.74, 6) is -0.386. The molecule has 0 radical (unpaired) electrons. The summed E-state index contributed by atoms with van der Waals surface area (Å²) in [7, 11) is 0. The van der Waals surface area contributed by atoms with Gasteiger partial charge in [-0.25, -0.2) is 0 Å². The summed E-state index contributed by atoms with van der Waals surface area (Å²) in [5.41, 5.74) is 1.53. The van der Waals surface area contributed by atoms with Crippen molar-refractivity contribution in [3.05, 3.63) is 58.1 Å². The Labute approximate surface area is 153 Å². The maximum absolute atomic E-state index is 12.2. The van der Waals surface area contributed by atoms with E-state index in [1.807, 2.05) is 24.3 Å². The number of rotatable bonds is 4. The predicted octanol–water partition coefficient (Wildman–Crippen LogP) is 4.11. The lowest BCUT2D eigenvalue weighted by Gasteiger charge is -2.23. The van der Waals surface area contributed by atoms with Crippen molar-refractivity contribution >= 4 is 52.5 Å². The monoisotopic (exact) mass is 380 g/mol. The van der Waals surface area contributed by atoms with Crippen LogP contribution in [-0.4, -0.2) is 17.1 Å². The van der Waals surface area contributed by atoms with E-state index in [0.717, 1.165) is 10.5 Å². The Morgan fingerprint density at radius 1 is 1.21 bits per heavy atom. The van der Waals surface area contributed by atoms with E-state index < -0.39 is 5.25 Å². The van der Waals surface area contributed by atoms with E-state index in [1.165, 1.54) is 11.8 Å². The summed E-state index contributed by atoms with van der Waals surface area (Å²) >= 11 is 13.4. The second-order valence-corrected chi connectivity index (χ2v) is 7.40. The Kier molecular flexibility index (Phi) is 5.33. The average molecular weight is 381 g/mol. The highest BCUT2D eigenvalue weighted by molar-refractivity contribution is 8.01. The molecule has 3 rings (SSSR count). The number of amides is 2. The lowest BCUT2D eigenvalue weighted by Crippen LogP contribution is -2.34. The van der Waals surface area contributed by atoms with Gasteiger partial charge in [-0.3, -0.25) is 9.59 Å². The molecule has 0 fully saturated rings. The molecule has 0 aromatic heterocycles. The van der Waals surface area contributed by atoms with Gasteiger partial charge in [-0.15, -0.1) is 11.8 Å². The molecule has 1 aliphatic heterocycles. The van der Waals surface area contributed by atoms with Gasteiger partial charge < -0.3 is 10.6 Å². The van der Waals surface area contributed by atoms with Crippen molar-refractivity contribution in [3.8, 4) is 0 Å². The summed E-state index contributed by atoms with van der Waals surface area (Å²) in [6, 6.07) is 12.6. The normalized spacial score (nSPS) is 16.2. The van der Waals surface area contributed by atoms with Crippen LogP contribution in [0.1, 0.15) is 12.0 Å². The number of benzene rings is 2. The number of carbonyl (C=O) groups is 2. The van der Waals surface area contributed by atoms with Crippen LogP contribution in [0.2, 0.25) is 10.0 Å². The SMILES string of the molecule is O=C(CC1Sc2ccc(Cl)cc2NC1=O)NCc1ccccc1Cl. The van der Waals surface area contributed by atoms with Crippen molar-refractivity contribution in [3.63, 3.8) is 0 Å². The van der Waals surface area contributed by atoms with Gasteiger partial charge >= 0.3 is 0 Å². The van der Waals surface area contributed by atoms with Crippen LogP contribution in [0.15, 0.2) is 47.4 Å². The second-order valence-electron chi connectivity index (χ2n) is 5.31. The minimum atomic E-state index is -0.468. The number of thioether (sulfide) groups is 1. The highest BCUT2D eigenvalue weighted by Gasteiger charge is 2.29. The van der Waals surface area contributed by atoms with Gasteiger partial charge in [0.15, 0.2) is 0 Å². The molecule has 0 spiro atoms. The third kappa shape index (κ3) is 4.04. The molecule has 4 nitrogen and oxygen atoms in total. The lowest BCUT2D eigenvalue weighted by atomic mass is 10.2. The molecule has 2 amide bonds. The maximum atomic E-state index is 12.2. The first kappa shape index (κ1) is 17.1. The molecule has 0 bridgehead atoms. The third-order valence-electron chi connectivity index (χ3n) is 3.57. The summed E-state index contributed by atoms with van der Waals surface area (Å²) in [6.07, 6.45) is 0.100. The molecule has 1 atom stereocenters. The zero-order valence-corrected chi connectivity index (χ0v) is 14.8. The molecule has 0 aliphatic carbocycles. The fourth-order valence-corrected chi connectivity index (χ4v) is 3.80. The van der Waals surface area contributed by atoms with Crippen LogP contribution < -0.4 is 10.6 Å². The fourth-order valence-electron chi connectivity index (χ4n) is 2.33. The number of hydrogen-bond acceptors (Lipinski definition) is 3. The van der Waals surface area contributed by atoms with E-state index in [1.54, 1.807) is 18.2 Å². The number of carbonyl (C=O) groups excluding carboxylic acids is 2. The van der Waals surface area contributed by atoms with E-state index >= 15 is 0 Å². The summed E-state index contributed by atoms with van der Waals surface area (Å²) in [4.78, 5) is 25.2. The molecule has 2 aromatic rings. The molecule has 1 unspecified atom stereocenters. The fraction of sp³-hybridized carbons (Fsp3) is 0.176. The van der Waals surface area contributed by atoms with Crippen LogP contribution in [0.5, 0.6) is 0 Å². The Balaban J connectivity index is 1.59. The Morgan fingerprint density at radius 2 is 2.00 bits per heavy atom. The van der Waals surface area contributed by atoms with Gasteiger partial charge in [-0.2, -0.15) is 0 Å². The number of hydrogen-bond donors (Lipinski definition) is 2. The smallest absolute Gasteiger partial charge is 0.238 e. The summed E-state index contributed by atoms with van der Waals surface area (Å²) < 4.78 is 0. The minimum absolute atomic E-state index is 0.100. The van der Waals surface area contributed by atoms with Crippen LogP contribution in [-0.2, 0) is 16.1 Å². The predicted molar refractivity (Wildman–Crippen MR) is 97.6 cm³/mol. The molecular weight excluding hydrogens is 367 g/mol. The molecule has 24 heavy (non-hydrogen) atoms. The Morgan fingerprint density at radius 3 is 2.79 bits per heavy atom. The largest absolute Gasteiger partial charge is 0.352 e. The van der Waals surface area contributed by atoms with Crippen molar-refractivity contribution in [1.29, 1.82) is 0 Å². The quantitative estimate of drug-likeness (QED) is 0.838. The van der Waals surface area contributed by atoms with E-state index in [4.69, 9.17) is 23.2 Å². The summed E-state index contributed by atoms with van der Waals surface area (Å²) in [5, 5.41) is 6.29. The number of nitrogens with one attached hydrogen (secondary N) is 2. The van der Waals surface area contributed by atoms with Crippen LogP contribution in [0.4, 0.5) is 5.69 Å². The number of anilines is 1. The van der Waals surface area contributed by atoms with Crippen molar-refractivity contribution in [2.45, 2.75) is 23.1 Å². The van der Waals surface area contributed by atoms with Gasteiger partial charge in [-0.05, 0) is 29.8 Å². The maximum Gasteiger partial charge on any atom is 0.238 e. The van der Waals surface area contributed by atoms with Crippen molar-refractivity contribution in [1.82, 2.24) is 5.32 Å². The van der Waals surface area contributed by atoms with E-state index in [9.17, 15) is 9.59 Å². The van der Waals surface area contributed by atoms with Gasteiger partial charge in [-0.1, -0.05) is 41.4 Å². The van der Waals surface area contributed by atoms with Gasteiger partial charge in [0.1, 0.15) is 0 Å². The number of fused-ring (bicyclic) bond motifs is 1. The van der Waals surface area contributed by atoms with E-state index in [2.05, 4.69) is 10.6 Å². The Bertz CT molecular complexity index is 798. The molecule has 1 aliphatic rings. The van der Waals surface area contributed by atoms with Crippen LogP contribution in [0.25, 0.3) is 0 Å². The molecule has 0 saturated carbocycles. The summed E-state index contributed by atoms with van der Waals surface area (Å²) in [6.45, 7) is 0.337.